The number of carbonyl (C=O) groups is 2. The number of carbonyl (C=O) groups excluding carboxylic acids is 2. The van der Waals surface area contributed by atoms with Crippen LogP contribution in [-0.4, -0.2) is 48.9 Å². The third kappa shape index (κ3) is 3.73. The molecule has 3 aromatic rings. The summed E-state index contributed by atoms with van der Waals surface area (Å²) < 4.78 is 66.8. The molecule has 0 aliphatic carbocycles. The van der Waals surface area contributed by atoms with E-state index in [0.29, 0.717) is 29.0 Å². The molecule has 1 saturated heterocycles. The van der Waals surface area contributed by atoms with Crippen LogP contribution in [0.5, 0.6) is 5.75 Å². The standard InChI is InChI=1S/C22H18F3N3O5S/c1-13-20(29)28(15-6-8-16(9-7-15)34(31,32)22(23,24)25)21(30)27(13)12-14-10-11-26-19-17(14)4-3-5-18(19)33-2/h3-11,13H,12H2,1-2H3. The van der Waals surface area contributed by atoms with Crippen LogP contribution < -0.4 is 9.64 Å². The Hall–Kier alpha value is -3.67. The molecule has 1 fully saturated rings. The second-order valence-electron chi connectivity index (χ2n) is 7.53. The monoisotopic (exact) mass is 493 g/mol. The Morgan fingerprint density at radius 2 is 1.74 bits per heavy atom. The number of ether oxygens (including phenoxy) is 1. The minimum absolute atomic E-state index is 0.0354. The molecule has 1 aromatic heterocycles. The number of alkyl halides is 3. The summed E-state index contributed by atoms with van der Waals surface area (Å²) in [6.45, 7) is 1.60. The summed E-state index contributed by atoms with van der Waals surface area (Å²) in [4.78, 5) is 31.4. The summed E-state index contributed by atoms with van der Waals surface area (Å²) in [6.07, 6.45) is 1.56. The predicted molar refractivity (Wildman–Crippen MR) is 116 cm³/mol. The highest BCUT2D eigenvalue weighted by Crippen LogP contribution is 2.33. The molecule has 0 radical (unpaired) electrons. The quantitative estimate of drug-likeness (QED) is 0.501. The number of para-hydroxylation sites is 1. The van der Waals surface area contributed by atoms with Crippen LogP contribution in [-0.2, 0) is 21.2 Å². The summed E-state index contributed by atoms with van der Waals surface area (Å²) in [5, 5.41) is 0.731. The lowest BCUT2D eigenvalue weighted by molar-refractivity contribution is -0.119. The summed E-state index contributed by atoms with van der Waals surface area (Å²) in [5.41, 5.74) is -4.20. The molecule has 4 rings (SSSR count). The van der Waals surface area contributed by atoms with Crippen LogP contribution in [0, 0.1) is 0 Å². The Morgan fingerprint density at radius 3 is 2.35 bits per heavy atom. The van der Waals surface area contributed by atoms with Crippen molar-refractivity contribution >= 4 is 38.4 Å². The summed E-state index contributed by atoms with van der Waals surface area (Å²) in [6, 6.07) is 8.93. The molecule has 2 heterocycles. The van der Waals surface area contributed by atoms with Gasteiger partial charge in [-0.3, -0.25) is 9.78 Å². The van der Waals surface area contributed by atoms with Gasteiger partial charge in [-0.1, -0.05) is 12.1 Å². The fourth-order valence-corrected chi connectivity index (χ4v) is 4.51. The number of rotatable bonds is 5. The Morgan fingerprint density at radius 1 is 1.06 bits per heavy atom. The van der Waals surface area contributed by atoms with Crippen LogP contribution in [0.15, 0.2) is 59.6 Å². The highest BCUT2D eigenvalue weighted by molar-refractivity contribution is 7.92. The Labute approximate surface area is 192 Å². The van der Waals surface area contributed by atoms with Crippen molar-refractivity contribution in [3.8, 4) is 5.75 Å². The Bertz CT molecular complexity index is 1390. The molecule has 1 aliphatic rings. The fraction of sp³-hybridized carbons (Fsp3) is 0.227. The van der Waals surface area contributed by atoms with Crippen molar-refractivity contribution in [2.75, 3.05) is 12.0 Å². The molecule has 0 N–H and O–H groups in total. The lowest BCUT2D eigenvalue weighted by Crippen LogP contribution is -2.33. The van der Waals surface area contributed by atoms with E-state index in [9.17, 15) is 31.2 Å². The zero-order valence-electron chi connectivity index (χ0n) is 17.9. The van der Waals surface area contributed by atoms with Crippen molar-refractivity contribution < 1.29 is 35.9 Å². The van der Waals surface area contributed by atoms with E-state index in [1.54, 1.807) is 24.4 Å². The number of halogens is 3. The molecule has 34 heavy (non-hydrogen) atoms. The van der Waals surface area contributed by atoms with Crippen molar-refractivity contribution in [3.05, 3.63) is 60.3 Å². The molecule has 178 valence electrons. The maximum absolute atomic E-state index is 13.1. The van der Waals surface area contributed by atoms with E-state index in [1.807, 2.05) is 6.07 Å². The number of imide groups is 1. The normalized spacial score (nSPS) is 17.0. The van der Waals surface area contributed by atoms with Crippen molar-refractivity contribution in [1.82, 2.24) is 9.88 Å². The number of pyridine rings is 1. The molecule has 2 aromatic carbocycles. The van der Waals surface area contributed by atoms with Crippen LogP contribution in [0.25, 0.3) is 10.9 Å². The van der Waals surface area contributed by atoms with E-state index in [-0.39, 0.29) is 12.2 Å². The topological polar surface area (TPSA) is 96.9 Å². The third-order valence-corrected chi connectivity index (χ3v) is 7.08. The average molecular weight is 493 g/mol. The number of urea groups is 1. The summed E-state index contributed by atoms with van der Waals surface area (Å²) in [5.74, 6) is -0.0425. The van der Waals surface area contributed by atoms with Gasteiger partial charge < -0.3 is 9.64 Å². The van der Waals surface area contributed by atoms with Crippen molar-refractivity contribution in [2.24, 2.45) is 0 Å². The molecule has 1 unspecified atom stereocenters. The first-order chi connectivity index (χ1) is 16.0. The summed E-state index contributed by atoms with van der Waals surface area (Å²) in [7, 11) is -4.04. The fourth-order valence-electron chi connectivity index (χ4n) is 3.75. The molecular formula is C22H18F3N3O5S. The van der Waals surface area contributed by atoms with Gasteiger partial charge in [0.1, 0.15) is 17.3 Å². The van der Waals surface area contributed by atoms with E-state index in [4.69, 9.17) is 4.74 Å². The van der Waals surface area contributed by atoms with Gasteiger partial charge in [0.2, 0.25) is 0 Å². The average Bonchev–Trinajstić information content (AvgIpc) is 3.01. The van der Waals surface area contributed by atoms with Crippen LogP contribution in [0.4, 0.5) is 23.7 Å². The maximum Gasteiger partial charge on any atom is 0.501 e. The van der Waals surface area contributed by atoms with E-state index in [2.05, 4.69) is 4.98 Å². The molecule has 12 heteroatoms. The first-order valence-corrected chi connectivity index (χ1v) is 11.4. The van der Waals surface area contributed by atoms with E-state index < -0.39 is 38.2 Å². The van der Waals surface area contributed by atoms with Gasteiger partial charge in [-0.25, -0.2) is 18.1 Å². The number of methoxy groups -OCH3 is 1. The van der Waals surface area contributed by atoms with Gasteiger partial charge in [-0.15, -0.1) is 0 Å². The molecule has 0 bridgehead atoms. The number of amides is 3. The molecule has 0 spiro atoms. The highest BCUT2D eigenvalue weighted by atomic mass is 32.2. The second kappa shape index (κ2) is 8.28. The van der Waals surface area contributed by atoms with Crippen molar-refractivity contribution in [2.45, 2.75) is 29.9 Å². The predicted octanol–water partition coefficient (Wildman–Crippen LogP) is 3.89. The number of hydrogen-bond donors (Lipinski definition) is 0. The lowest BCUT2D eigenvalue weighted by Gasteiger charge is -2.20. The van der Waals surface area contributed by atoms with Crippen LogP contribution in [0.3, 0.4) is 0 Å². The van der Waals surface area contributed by atoms with Gasteiger partial charge in [0, 0.05) is 18.1 Å². The molecule has 1 aliphatic heterocycles. The van der Waals surface area contributed by atoms with Gasteiger partial charge in [0.15, 0.2) is 0 Å². The van der Waals surface area contributed by atoms with Crippen molar-refractivity contribution in [3.63, 3.8) is 0 Å². The van der Waals surface area contributed by atoms with Crippen LogP contribution >= 0.6 is 0 Å². The maximum atomic E-state index is 13.1. The molecule has 3 amide bonds. The smallest absolute Gasteiger partial charge is 0.494 e. The molecule has 1 atom stereocenters. The first-order valence-electron chi connectivity index (χ1n) is 9.94. The van der Waals surface area contributed by atoms with Gasteiger partial charge in [-0.2, -0.15) is 13.2 Å². The second-order valence-corrected chi connectivity index (χ2v) is 9.47. The SMILES string of the molecule is COc1cccc2c(CN3C(=O)N(c4ccc(S(=O)(=O)C(F)(F)F)cc4)C(=O)C3C)ccnc12. The van der Waals surface area contributed by atoms with Gasteiger partial charge in [0.25, 0.3) is 15.7 Å². The largest absolute Gasteiger partial charge is 0.501 e. The zero-order chi connectivity index (χ0) is 24.8. The number of aromatic nitrogens is 1. The van der Waals surface area contributed by atoms with E-state index >= 15 is 0 Å². The minimum atomic E-state index is -5.55. The zero-order valence-corrected chi connectivity index (χ0v) is 18.7. The lowest BCUT2D eigenvalue weighted by atomic mass is 10.1. The number of nitrogens with zero attached hydrogens (tertiary/aromatic N) is 3. The van der Waals surface area contributed by atoms with Gasteiger partial charge in [-0.05, 0) is 48.9 Å². The number of hydrogen-bond acceptors (Lipinski definition) is 6. The number of anilines is 1. The number of benzene rings is 2. The van der Waals surface area contributed by atoms with Crippen LogP contribution in [0.1, 0.15) is 12.5 Å². The first kappa shape index (κ1) is 23.5. The minimum Gasteiger partial charge on any atom is -0.494 e. The molecule has 0 saturated carbocycles. The molecular weight excluding hydrogens is 475 g/mol. The Balaban J connectivity index is 1.64. The Kier molecular flexibility index (Phi) is 5.72. The van der Waals surface area contributed by atoms with E-state index in [0.717, 1.165) is 22.4 Å². The number of sulfone groups is 1. The van der Waals surface area contributed by atoms with Gasteiger partial charge >= 0.3 is 11.5 Å². The highest BCUT2D eigenvalue weighted by Gasteiger charge is 2.47. The van der Waals surface area contributed by atoms with Gasteiger partial charge in [0.05, 0.1) is 17.7 Å². The summed E-state index contributed by atoms with van der Waals surface area (Å²) >= 11 is 0. The number of fused-ring (bicyclic) bond motifs is 1. The van der Waals surface area contributed by atoms with Crippen LogP contribution in [0.2, 0.25) is 0 Å². The molecule has 8 nitrogen and oxygen atoms in total. The van der Waals surface area contributed by atoms with E-state index in [1.165, 1.54) is 18.9 Å². The third-order valence-electron chi connectivity index (χ3n) is 5.58. The van der Waals surface area contributed by atoms with Crippen molar-refractivity contribution in [1.29, 1.82) is 0 Å².